The average Bonchev–Trinajstić information content (AvgIpc) is 2.43. The molecule has 2 atom stereocenters. The first-order chi connectivity index (χ1) is 9.01. The maximum atomic E-state index is 3.92. The van der Waals surface area contributed by atoms with Crippen LogP contribution in [0.1, 0.15) is 80.1 Å². The Balaban J connectivity index is 4.41. The second kappa shape index (κ2) is 10.3. The smallest absolute Gasteiger partial charge is 0.0308 e. The van der Waals surface area contributed by atoms with Gasteiger partial charge in [-0.3, -0.25) is 0 Å². The average molecular weight is 264 g/mol. The topological polar surface area (TPSA) is 0 Å². The predicted octanol–water partition coefficient (Wildman–Crippen LogP) is 6.78. The van der Waals surface area contributed by atoms with Gasteiger partial charge in [-0.25, -0.2) is 0 Å². The van der Waals surface area contributed by atoms with E-state index in [2.05, 4.69) is 48.1 Å². The predicted molar refractivity (Wildman–Crippen MR) is 89.4 cm³/mol. The van der Waals surface area contributed by atoms with Crippen LogP contribution in [-0.4, -0.2) is 0 Å². The second-order valence-corrected chi connectivity index (χ2v) is 6.19. The van der Waals surface area contributed by atoms with Crippen molar-refractivity contribution in [1.29, 1.82) is 0 Å². The Morgan fingerprint density at radius 1 is 1.05 bits per heavy atom. The summed E-state index contributed by atoms with van der Waals surface area (Å²) in [6.07, 6.45) is 9.76. The van der Waals surface area contributed by atoms with E-state index >= 15 is 0 Å². The third kappa shape index (κ3) is 6.45. The van der Waals surface area contributed by atoms with Gasteiger partial charge in [-0.05, 0) is 55.9 Å². The molecule has 0 fully saturated rings. The summed E-state index contributed by atoms with van der Waals surface area (Å²) in [4.78, 5) is 0. The lowest BCUT2D eigenvalue weighted by molar-refractivity contribution is 0.223. The van der Waals surface area contributed by atoms with Crippen LogP contribution in [0.15, 0.2) is 23.8 Å². The third-order valence-electron chi connectivity index (χ3n) is 5.01. The molecular formula is C19H36. The third-order valence-corrected chi connectivity index (χ3v) is 5.01. The second-order valence-electron chi connectivity index (χ2n) is 6.19. The summed E-state index contributed by atoms with van der Waals surface area (Å²) in [7, 11) is 0. The minimum atomic E-state index is 0.865. The fourth-order valence-electron chi connectivity index (χ4n) is 3.12. The molecule has 0 aromatic rings. The highest BCUT2D eigenvalue weighted by Crippen LogP contribution is 2.31. The molecule has 0 heterocycles. The van der Waals surface area contributed by atoms with E-state index in [9.17, 15) is 0 Å². The SMILES string of the molecule is C=CC(CC)=C(C)CCCC(C(C)CC)C(C)CC. The Kier molecular flexibility index (Phi) is 10.0. The van der Waals surface area contributed by atoms with Crippen molar-refractivity contribution in [2.75, 3.05) is 0 Å². The number of hydrogen-bond donors (Lipinski definition) is 0. The van der Waals surface area contributed by atoms with Crippen LogP contribution in [0.5, 0.6) is 0 Å². The van der Waals surface area contributed by atoms with Gasteiger partial charge in [-0.15, -0.1) is 0 Å². The van der Waals surface area contributed by atoms with E-state index in [1.165, 1.54) is 37.7 Å². The molecule has 0 aliphatic rings. The normalized spacial score (nSPS) is 17.6. The van der Waals surface area contributed by atoms with Crippen molar-refractivity contribution < 1.29 is 0 Å². The van der Waals surface area contributed by atoms with Crippen molar-refractivity contribution >= 4 is 0 Å². The van der Waals surface area contributed by atoms with Crippen LogP contribution in [0.25, 0.3) is 0 Å². The zero-order valence-corrected chi connectivity index (χ0v) is 14.3. The summed E-state index contributed by atoms with van der Waals surface area (Å²) in [5.74, 6) is 2.63. The van der Waals surface area contributed by atoms with Crippen LogP contribution >= 0.6 is 0 Å². The lowest BCUT2D eigenvalue weighted by Crippen LogP contribution is -2.19. The van der Waals surface area contributed by atoms with Gasteiger partial charge in [0.05, 0.1) is 0 Å². The summed E-state index contributed by atoms with van der Waals surface area (Å²) >= 11 is 0. The summed E-state index contributed by atoms with van der Waals surface area (Å²) in [5.41, 5.74) is 2.99. The highest BCUT2D eigenvalue weighted by Gasteiger charge is 2.20. The van der Waals surface area contributed by atoms with E-state index in [0.717, 1.165) is 24.2 Å². The summed E-state index contributed by atoms with van der Waals surface area (Å²) < 4.78 is 0. The molecule has 0 saturated heterocycles. The molecule has 0 saturated carbocycles. The zero-order valence-electron chi connectivity index (χ0n) is 14.3. The lowest BCUT2D eigenvalue weighted by Gasteiger charge is -2.28. The van der Waals surface area contributed by atoms with Gasteiger partial charge in [-0.1, -0.05) is 65.7 Å². The van der Waals surface area contributed by atoms with Crippen molar-refractivity contribution in [3.63, 3.8) is 0 Å². The van der Waals surface area contributed by atoms with Gasteiger partial charge >= 0.3 is 0 Å². The largest absolute Gasteiger partial charge is 0.0988 e. The van der Waals surface area contributed by atoms with Gasteiger partial charge < -0.3 is 0 Å². The molecule has 0 aliphatic carbocycles. The molecular weight excluding hydrogens is 228 g/mol. The van der Waals surface area contributed by atoms with Crippen molar-refractivity contribution in [3.05, 3.63) is 23.8 Å². The summed E-state index contributed by atoms with van der Waals surface area (Å²) in [6.45, 7) is 18.0. The Hall–Kier alpha value is -0.520. The monoisotopic (exact) mass is 264 g/mol. The standard InChI is InChI=1S/C19H36/c1-8-15(5)19(16(6)9-2)14-12-13-17(7)18(10-3)11-4/h10,15-16,19H,3,8-9,11-14H2,1-2,4-7H3. The molecule has 0 aromatic carbocycles. The molecule has 0 amide bonds. The van der Waals surface area contributed by atoms with E-state index in [-0.39, 0.29) is 0 Å². The summed E-state index contributed by atoms with van der Waals surface area (Å²) in [6, 6.07) is 0. The fourth-order valence-corrected chi connectivity index (χ4v) is 3.12. The quantitative estimate of drug-likeness (QED) is 0.382. The Labute approximate surface area is 122 Å². The maximum absolute atomic E-state index is 3.92. The van der Waals surface area contributed by atoms with Crippen molar-refractivity contribution in [2.24, 2.45) is 17.8 Å². The molecule has 0 nitrogen and oxygen atoms in total. The molecule has 0 aromatic heterocycles. The van der Waals surface area contributed by atoms with Crippen LogP contribution < -0.4 is 0 Å². The van der Waals surface area contributed by atoms with E-state index in [0.29, 0.717) is 0 Å². The first kappa shape index (κ1) is 18.5. The Morgan fingerprint density at radius 2 is 1.58 bits per heavy atom. The van der Waals surface area contributed by atoms with E-state index in [4.69, 9.17) is 0 Å². The molecule has 0 aliphatic heterocycles. The fraction of sp³-hybridized carbons (Fsp3) is 0.789. The molecule has 0 heteroatoms. The van der Waals surface area contributed by atoms with Crippen LogP contribution in [0.4, 0.5) is 0 Å². The lowest BCUT2D eigenvalue weighted by atomic mass is 9.77. The molecule has 0 bridgehead atoms. The van der Waals surface area contributed by atoms with Gasteiger partial charge in [0.1, 0.15) is 0 Å². The molecule has 112 valence electrons. The number of allylic oxidation sites excluding steroid dienone is 3. The zero-order chi connectivity index (χ0) is 14.8. The molecule has 19 heavy (non-hydrogen) atoms. The molecule has 0 N–H and O–H groups in total. The van der Waals surface area contributed by atoms with Crippen LogP contribution in [0.3, 0.4) is 0 Å². The van der Waals surface area contributed by atoms with Crippen LogP contribution in [0.2, 0.25) is 0 Å². The number of rotatable bonds is 10. The Morgan fingerprint density at radius 3 is 1.95 bits per heavy atom. The van der Waals surface area contributed by atoms with Gasteiger partial charge in [0, 0.05) is 0 Å². The highest BCUT2D eigenvalue weighted by atomic mass is 14.3. The first-order valence-electron chi connectivity index (χ1n) is 8.32. The van der Waals surface area contributed by atoms with Gasteiger partial charge in [0.15, 0.2) is 0 Å². The van der Waals surface area contributed by atoms with Crippen molar-refractivity contribution in [3.8, 4) is 0 Å². The summed E-state index contributed by atoms with van der Waals surface area (Å²) in [5, 5.41) is 0. The highest BCUT2D eigenvalue weighted by molar-refractivity contribution is 5.22. The van der Waals surface area contributed by atoms with Gasteiger partial charge in [-0.2, -0.15) is 0 Å². The first-order valence-corrected chi connectivity index (χ1v) is 8.32. The molecule has 0 radical (unpaired) electrons. The van der Waals surface area contributed by atoms with Gasteiger partial charge in [0.25, 0.3) is 0 Å². The van der Waals surface area contributed by atoms with Gasteiger partial charge in [0.2, 0.25) is 0 Å². The van der Waals surface area contributed by atoms with Crippen molar-refractivity contribution in [1.82, 2.24) is 0 Å². The minimum absolute atomic E-state index is 0.865. The van der Waals surface area contributed by atoms with Crippen LogP contribution in [0, 0.1) is 17.8 Å². The molecule has 0 spiro atoms. The number of hydrogen-bond acceptors (Lipinski definition) is 0. The van der Waals surface area contributed by atoms with E-state index in [1.54, 1.807) is 5.57 Å². The molecule has 2 unspecified atom stereocenters. The van der Waals surface area contributed by atoms with E-state index in [1.807, 2.05) is 6.08 Å². The maximum Gasteiger partial charge on any atom is -0.0308 e. The molecule has 0 rings (SSSR count). The van der Waals surface area contributed by atoms with Crippen molar-refractivity contribution in [2.45, 2.75) is 80.1 Å². The Bertz CT molecular complexity index is 262. The minimum Gasteiger partial charge on any atom is -0.0988 e. The van der Waals surface area contributed by atoms with E-state index < -0.39 is 0 Å². The van der Waals surface area contributed by atoms with Crippen LogP contribution in [-0.2, 0) is 0 Å².